The first kappa shape index (κ1) is 16.9. The van der Waals surface area contributed by atoms with Gasteiger partial charge >= 0.3 is 0 Å². The summed E-state index contributed by atoms with van der Waals surface area (Å²) in [5.74, 6) is 1.82. The maximum atomic E-state index is 13.5. The topological polar surface area (TPSA) is 74.3 Å². The van der Waals surface area contributed by atoms with Crippen molar-refractivity contribution >= 4 is 16.7 Å². The molecule has 0 amide bonds. The Morgan fingerprint density at radius 3 is 2.75 bits per heavy atom. The number of ether oxygens (including phenoxy) is 1. The van der Waals surface area contributed by atoms with Gasteiger partial charge in [-0.3, -0.25) is 4.79 Å². The average molecular weight is 375 g/mol. The van der Waals surface area contributed by atoms with Crippen LogP contribution in [0.5, 0.6) is 5.75 Å². The first-order chi connectivity index (χ1) is 13.7. The second-order valence-corrected chi connectivity index (χ2v) is 7.29. The monoisotopic (exact) mass is 375 g/mol. The second-order valence-electron chi connectivity index (χ2n) is 7.29. The molecule has 1 fully saturated rings. The van der Waals surface area contributed by atoms with Crippen LogP contribution in [0.1, 0.15) is 37.5 Å². The van der Waals surface area contributed by atoms with Gasteiger partial charge in [-0.25, -0.2) is 4.98 Å². The Hall–Kier alpha value is -3.22. The van der Waals surface area contributed by atoms with Crippen molar-refractivity contribution < 1.29 is 4.74 Å². The van der Waals surface area contributed by atoms with Crippen LogP contribution in [0, 0.1) is 6.92 Å². The van der Waals surface area contributed by atoms with Crippen molar-refractivity contribution in [2.75, 3.05) is 7.11 Å². The highest BCUT2D eigenvalue weighted by Crippen LogP contribution is 2.31. The summed E-state index contributed by atoms with van der Waals surface area (Å²) in [6, 6.07) is 9.84. The van der Waals surface area contributed by atoms with E-state index in [-0.39, 0.29) is 11.6 Å². The molecule has 1 aromatic carbocycles. The zero-order valence-electron chi connectivity index (χ0n) is 15.9. The minimum Gasteiger partial charge on any atom is -0.497 e. The lowest BCUT2D eigenvalue weighted by molar-refractivity contribution is 0.415. The average Bonchev–Trinajstić information content (AvgIpc) is 3.35. The highest BCUT2D eigenvalue weighted by molar-refractivity contribution is 5.93. The van der Waals surface area contributed by atoms with Crippen molar-refractivity contribution in [2.24, 2.45) is 0 Å². The van der Waals surface area contributed by atoms with E-state index in [1.807, 2.05) is 48.0 Å². The second kappa shape index (κ2) is 6.44. The minimum absolute atomic E-state index is 0.0234. The maximum absolute atomic E-state index is 13.5. The number of hydrogen-bond acceptors (Lipinski definition) is 5. The van der Waals surface area contributed by atoms with Gasteiger partial charge in [0.15, 0.2) is 0 Å². The zero-order valence-corrected chi connectivity index (χ0v) is 15.9. The van der Waals surface area contributed by atoms with Crippen LogP contribution in [0.15, 0.2) is 41.3 Å². The molecule has 1 saturated carbocycles. The lowest BCUT2D eigenvalue weighted by Gasteiger charge is -2.16. The number of nitrogens with zero attached hydrogens (tertiary/aromatic N) is 5. The highest BCUT2D eigenvalue weighted by atomic mass is 16.5. The largest absolute Gasteiger partial charge is 0.497 e. The molecule has 142 valence electrons. The van der Waals surface area contributed by atoms with E-state index < -0.39 is 0 Å². The molecule has 7 nitrogen and oxygen atoms in total. The quantitative estimate of drug-likeness (QED) is 0.548. The third-order valence-corrected chi connectivity index (χ3v) is 5.52. The molecule has 0 radical (unpaired) electrons. The Balaban J connectivity index is 1.89. The molecule has 7 heteroatoms. The molecule has 1 aliphatic rings. The molecule has 0 unspecified atom stereocenters. The lowest BCUT2D eigenvalue weighted by Crippen LogP contribution is -2.24. The number of benzene rings is 1. The van der Waals surface area contributed by atoms with E-state index in [0.29, 0.717) is 28.2 Å². The molecule has 1 aliphatic carbocycles. The molecule has 3 aromatic heterocycles. The number of aromatic nitrogens is 5. The van der Waals surface area contributed by atoms with Gasteiger partial charge in [-0.2, -0.15) is 9.50 Å². The predicted octanol–water partition coefficient (Wildman–Crippen LogP) is 3.54. The van der Waals surface area contributed by atoms with Gasteiger partial charge in [-0.05, 0) is 38.0 Å². The lowest BCUT2D eigenvalue weighted by atomic mass is 10.1. The fraction of sp³-hybridized carbons (Fsp3) is 0.333. The van der Waals surface area contributed by atoms with Crippen LogP contribution in [-0.4, -0.2) is 31.3 Å². The van der Waals surface area contributed by atoms with E-state index in [1.54, 1.807) is 11.6 Å². The molecular formula is C21H21N5O2. The fourth-order valence-corrected chi connectivity index (χ4v) is 4.20. The Morgan fingerprint density at radius 1 is 1.14 bits per heavy atom. The van der Waals surface area contributed by atoms with Crippen LogP contribution in [-0.2, 0) is 0 Å². The SMILES string of the molecule is COc1cccc(-c2c3c(=O)n(C4CCCC4)ccc3nc3nc(C)nn23)c1. The zero-order chi connectivity index (χ0) is 19.3. The molecular weight excluding hydrogens is 354 g/mol. The summed E-state index contributed by atoms with van der Waals surface area (Å²) in [6.45, 7) is 1.82. The van der Waals surface area contributed by atoms with E-state index in [9.17, 15) is 4.79 Å². The number of methoxy groups -OCH3 is 1. The van der Waals surface area contributed by atoms with Crippen LogP contribution < -0.4 is 10.3 Å². The predicted molar refractivity (Wildman–Crippen MR) is 107 cm³/mol. The van der Waals surface area contributed by atoms with Gasteiger partial charge in [-0.15, -0.1) is 5.10 Å². The molecule has 5 rings (SSSR count). The van der Waals surface area contributed by atoms with Crippen molar-refractivity contribution in [3.8, 4) is 17.0 Å². The standard InChI is InChI=1S/C21H21N5O2/c1-13-22-21-23-17-10-11-25(15-7-3-4-8-15)20(27)18(17)19(26(21)24-13)14-6-5-9-16(12-14)28-2/h5-6,9-12,15H,3-4,7-8H2,1-2H3. The molecule has 0 bridgehead atoms. The first-order valence-electron chi connectivity index (χ1n) is 9.58. The summed E-state index contributed by atoms with van der Waals surface area (Å²) in [5, 5.41) is 5.09. The molecule has 0 spiro atoms. The van der Waals surface area contributed by atoms with Crippen molar-refractivity contribution in [3.05, 3.63) is 52.7 Å². The van der Waals surface area contributed by atoms with Crippen molar-refractivity contribution in [2.45, 2.75) is 38.6 Å². The molecule has 0 atom stereocenters. The molecule has 0 N–H and O–H groups in total. The molecule has 0 saturated heterocycles. The van der Waals surface area contributed by atoms with E-state index in [4.69, 9.17) is 4.74 Å². The molecule has 0 aliphatic heterocycles. The minimum atomic E-state index is -0.0234. The van der Waals surface area contributed by atoms with Gasteiger partial charge in [0.25, 0.3) is 11.3 Å². The van der Waals surface area contributed by atoms with Crippen LogP contribution in [0.2, 0.25) is 0 Å². The first-order valence-corrected chi connectivity index (χ1v) is 9.58. The summed E-state index contributed by atoms with van der Waals surface area (Å²) < 4.78 is 8.94. The van der Waals surface area contributed by atoms with Crippen molar-refractivity contribution in [1.82, 2.24) is 24.1 Å². The van der Waals surface area contributed by atoms with Gasteiger partial charge in [0.1, 0.15) is 11.6 Å². The van der Waals surface area contributed by atoms with Crippen molar-refractivity contribution in [3.63, 3.8) is 0 Å². The van der Waals surface area contributed by atoms with E-state index in [2.05, 4.69) is 15.1 Å². The van der Waals surface area contributed by atoms with Gasteiger partial charge in [-0.1, -0.05) is 25.0 Å². The Morgan fingerprint density at radius 2 is 1.96 bits per heavy atom. The number of aryl methyl sites for hydroxylation is 1. The van der Waals surface area contributed by atoms with E-state index >= 15 is 0 Å². The summed E-state index contributed by atoms with van der Waals surface area (Å²) in [5.41, 5.74) is 2.17. The van der Waals surface area contributed by atoms with Gasteiger partial charge in [0.2, 0.25) is 0 Å². The Bertz CT molecular complexity index is 1250. The number of pyridine rings is 1. The van der Waals surface area contributed by atoms with Crippen LogP contribution in [0.4, 0.5) is 0 Å². The van der Waals surface area contributed by atoms with Crippen LogP contribution in [0.3, 0.4) is 0 Å². The normalized spacial score (nSPS) is 14.9. The Kier molecular flexibility index (Phi) is 3.89. The smallest absolute Gasteiger partial charge is 0.262 e. The van der Waals surface area contributed by atoms with Gasteiger partial charge < -0.3 is 9.30 Å². The van der Waals surface area contributed by atoms with Gasteiger partial charge in [0.05, 0.1) is 23.7 Å². The third kappa shape index (κ3) is 2.58. The maximum Gasteiger partial charge on any atom is 0.262 e. The summed E-state index contributed by atoms with van der Waals surface area (Å²) in [4.78, 5) is 22.6. The van der Waals surface area contributed by atoms with Crippen molar-refractivity contribution in [1.29, 1.82) is 0 Å². The summed E-state index contributed by atoms with van der Waals surface area (Å²) >= 11 is 0. The highest BCUT2D eigenvalue weighted by Gasteiger charge is 2.22. The van der Waals surface area contributed by atoms with E-state index in [0.717, 1.165) is 37.0 Å². The summed E-state index contributed by atoms with van der Waals surface area (Å²) in [7, 11) is 1.63. The number of hydrogen-bond donors (Lipinski definition) is 0. The van der Waals surface area contributed by atoms with Gasteiger partial charge in [0, 0.05) is 17.8 Å². The number of rotatable bonds is 3. The fourth-order valence-electron chi connectivity index (χ4n) is 4.20. The van der Waals surface area contributed by atoms with Crippen LogP contribution in [0.25, 0.3) is 27.9 Å². The third-order valence-electron chi connectivity index (χ3n) is 5.52. The summed E-state index contributed by atoms with van der Waals surface area (Å²) in [6.07, 6.45) is 6.29. The molecule has 28 heavy (non-hydrogen) atoms. The Labute approximate surface area is 161 Å². The molecule has 3 heterocycles. The number of fused-ring (bicyclic) bond motifs is 2. The van der Waals surface area contributed by atoms with E-state index in [1.165, 1.54) is 0 Å². The van der Waals surface area contributed by atoms with Crippen LogP contribution >= 0.6 is 0 Å². The molecule has 4 aromatic rings.